The van der Waals surface area contributed by atoms with E-state index in [0.29, 0.717) is 5.75 Å². The van der Waals surface area contributed by atoms with Crippen LogP contribution < -0.4 is 9.47 Å². The maximum Gasteiger partial charge on any atom is 0.435 e. The first-order valence-electron chi connectivity index (χ1n) is 12.7. The number of amides is 1. The number of benzene rings is 2. The number of rotatable bonds is 6. The second-order valence-electron chi connectivity index (χ2n) is 9.71. The SMILES string of the molecule is COc1ccc(C=C2CCCC3C2=NN(C(=O)Cn2nc(C(F)(F)F)cc2C)C3c2ccc(OC)cc2)cc1. The molecule has 1 aliphatic heterocycles. The lowest BCUT2D eigenvalue weighted by molar-refractivity contribution is -0.142. The molecule has 2 aliphatic rings. The van der Waals surface area contributed by atoms with Crippen molar-refractivity contribution in [1.29, 1.82) is 0 Å². The van der Waals surface area contributed by atoms with E-state index in [1.54, 1.807) is 14.2 Å². The minimum Gasteiger partial charge on any atom is -0.497 e. The third-order valence-electron chi connectivity index (χ3n) is 7.23. The van der Waals surface area contributed by atoms with Crippen LogP contribution in [0.4, 0.5) is 13.2 Å². The number of hydrazone groups is 1. The van der Waals surface area contributed by atoms with Crippen molar-refractivity contribution in [1.82, 2.24) is 14.8 Å². The molecule has 1 amide bonds. The first-order valence-corrected chi connectivity index (χ1v) is 12.7. The number of nitrogens with zero attached hydrogens (tertiary/aromatic N) is 4. The van der Waals surface area contributed by atoms with Crippen LogP contribution in [0.15, 0.2) is 65.3 Å². The molecule has 1 aliphatic carbocycles. The summed E-state index contributed by atoms with van der Waals surface area (Å²) in [5, 5.41) is 9.90. The Balaban J connectivity index is 1.50. The first kappa shape index (κ1) is 26.5. The van der Waals surface area contributed by atoms with Crippen molar-refractivity contribution < 1.29 is 27.4 Å². The Kier molecular flexibility index (Phi) is 7.20. The van der Waals surface area contributed by atoms with E-state index in [2.05, 4.69) is 11.2 Å². The number of hydrogen-bond donors (Lipinski definition) is 0. The monoisotopic (exact) mass is 538 g/mol. The molecule has 3 aromatic rings. The zero-order valence-electron chi connectivity index (χ0n) is 21.9. The fraction of sp³-hybridized carbons (Fsp3) is 0.345. The third-order valence-corrected chi connectivity index (χ3v) is 7.23. The molecule has 1 aromatic heterocycles. The number of fused-ring (bicyclic) bond motifs is 1. The highest BCUT2D eigenvalue weighted by Gasteiger charge is 2.44. The van der Waals surface area contributed by atoms with Crippen LogP contribution in [-0.2, 0) is 17.5 Å². The summed E-state index contributed by atoms with van der Waals surface area (Å²) in [4.78, 5) is 13.6. The van der Waals surface area contributed by atoms with Gasteiger partial charge in [0.1, 0.15) is 18.0 Å². The number of ether oxygens (including phenoxy) is 2. The molecule has 1 fully saturated rings. The van der Waals surface area contributed by atoms with Crippen LogP contribution in [0.5, 0.6) is 11.5 Å². The molecule has 0 spiro atoms. The minimum absolute atomic E-state index is 0.0509. The van der Waals surface area contributed by atoms with Gasteiger partial charge in [-0.15, -0.1) is 0 Å². The van der Waals surface area contributed by atoms with Crippen molar-refractivity contribution in [3.63, 3.8) is 0 Å². The number of hydrogen-bond acceptors (Lipinski definition) is 5. The van der Waals surface area contributed by atoms with E-state index in [4.69, 9.17) is 14.6 Å². The molecule has 2 heterocycles. The van der Waals surface area contributed by atoms with Gasteiger partial charge in [0.2, 0.25) is 0 Å². The standard InChI is InChI=1S/C29H29F3N4O3/c1-18-15-25(29(30,31)32)33-35(18)17-26(37)36-28(20-9-13-23(39-3)14-10-20)24-6-4-5-21(27(24)34-36)16-19-7-11-22(38-2)12-8-19/h7-16,24,28H,4-6,17H2,1-3H3. The van der Waals surface area contributed by atoms with Gasteiger partial charge < -0.3 is 9.47 Å². The van der Waals surface area contributed by atoms with Crippen molar-refractivity contribution in [2.45, 2.75) is 44.9 Å². The van der Waals surface area contributed by atoms with Gasteiger partial charge in [-0.2, -0.15) is 23.4 Å². The Morgan fingerprint density at radius 3 is 2.28 bits per heavy atom. The van der Waals surface area contributed by atoms with E-state index in [1.807, 2.05) is 48.5 Å². The van der Waals surface area contributed by atoms with Crippen LogP contribution in [-0.4, -0.2) is 40.6 Å². The van der Waals surface area contributed by atoms with E-state index >= 15 is 0 Å². The fourth-order valence-corrected chi connectivity index (χ4v) is 5.25. The Hall–Kier alpha value is -4.08. The zero-order valence-corrected chi connectivity index (χ0v) is 21.9. The number of alkyl halides is 3. The van der Waals surface area contributed by atoms with Gasteiger partial charge in [0.15, 0.2) is 5.69 Å². The van der Waals surface area contributed by atoms with E-state index in [-0.39, 0.29) is 18.2 Å². The smallest absolute Gasteiger partial charge is 0.435 e. The summed E-state index contributed by atoms with van der Waals surface area (Å²) in [5.41, 5.74) is 2.98. The number of aryl methyl sites for hydroxylation is 1. The number of halogens is 3. The second kappa shape index (κ2) is 10.6. The van der Waals surface area contributed by atoms with Crippen LogP contribution in [0.25, 0.3) is 6.08 Å². The highest BCUT2D eigenvalue weighted by Crippen LogP contribution is 2.45. The lowest BCUT2D eigenvalue weighted by Crippen LogP contribution is -2.34. The molecule has 39 heavy (non-hydrogen) atoms. The highest BCUT2D eigenvalue weighted by atomic mass is 19.4. The average molecular weight is 539 g/mol. The number of methoxy groups -OCH3 is 2. The summed E-state index contributed by atoms with van der Waals surface area (Å²) in [7, 11) is 3.20. The second-order valence-corrected chi connectivity index (χ2v) is 9.71. The number of carbonyl (C=O) groups is 1. The maximum atomic E-state index is 13.6. The predicted octanol–water partition coefficient (Wildman–Crippen LogP) is 6.05. The van der Waals surface area contributed by atoms with Gasteiger partial charge in [0.05, 0.1) is 26.0 Å². The molecule has 1 saturated carbocycles. The van der Waals surface area contributed by atoms with Crippen molar-refractivity contribution >= 4 is 17.7 Å². The summed E-state index contributed by atoms with van der Waals surface area (Å²) in [6.45, 7) is 1.15. The van der Waals surface area contributed by atoms with E-state index in [9.17, 15) is 18.0 Å². The topological polar surface area (TPSA) is 69.0 Å². The van der Waals surface area contributed by atoms with Gasteiger partial charge in [-0.05, 0) is 79.3 Å². The summed E-state index contributed by atoms with van der Waals surface area (Å²) in [6.07, 6.45) is 0.0587. The van der Waals surface area contributed by atoms with Crippen LogP contribution in [0.3, 0.4) is 0 Å². The molecule has 0 saturated heterocycles. The molecule has 7 nitrogen and oxygen atoms in total. The summed E-state index contributed by atoms with van der Waals surface area (Å²) >= 11 is 0. The summed E-state index contributed by atoms with van der Waals surface area (Å²) in [5.74, 6) is 0.966. The van der Waals surface area contributed by atoms with Gasteiger partial charge in [0.25, 0.3) is 5.91 Å². The molecule has 0 N–H and O–H groups in total. The normalized spacial score (nSPS) is 20.1. The molecule has 2 aromatic carbocycles. The van der Waals surface area contributed by atoms with Crippen molar-refractivity contribution in [2.24, 2.45) is 11.0 Å². The van der Waals surface area contributed by atoms with Gasteiger partial charge in [-0.1, -0.05) is 24.3 Å². The highest BCUT2D eigenvalue weighted by molar-refractivity contribution is 6.08. The molecule has 10 heteroatoms. The number of allylic oxidation sites excluding steroid dienone is 1. The van der Waals surface area contributed by atoms with Gasteiger partial charge in [-0.3, -0.25) is 9.48 Å². The third kappa shape index (κ3) is 5.41. The van der Waals surface area contributed by atoms with Gasteiger partial charge in [0, 0.05) is 11.6 Å². The number of carbonyl (C=O) groups excluding carboxylic acids is 1. The van der Waals surface area contributed by atoms with Crippen LogP contribution >= 0.6 is 0 Å². The van der Waals surface area contributed by atoms with Gasteiger partial charge >= 0.3 is 6.18 Å². The Morgan fingerprint density at radius 1 is 1.05 bits per heavy atom. The zero-order chi connectivity index (χ0) is 27.7. The molecule has 5 rings (SSSR count). The lowest BCUT2D eigenvalue weighted by atomic mass is 9.77. The summed E-state index contributed by atoms with van der Waals surface area (Å²) in [6, 6.07) is 15.7. The molecule has 204 valence electrons. The van der Waals surface area contributed by atoms with E-state index in [1.165, 1.54) is 11.9 Å². The molecule has 0 bridgehead atoms. The van der Waals surface area contributed by atoms with Crippen LogP contribution in [0.1, 0.15) is 47.8 Å². The summed E-state index contributed by atoms with van der Waals surface area (Å²) < 4.78 is 51.3. The minimum atomic E-state index is -4.59. The molecule has 0 radical (unpaired) electrons. The van der Waals surface area contributed by atoms with Crippen molar-refractivity contribution in [3.05, 3.63) is 82.7 Å². The predicted molar refractivity (Wildman–Crippen MR) is 140 cm³/mol. The Labute approximate surface area is 224 Å². The number of aromatic nitrogens is 2. The molecule has 2 unspecified atom stereocenters. The van der Waals surface area contributed by atoms with Crippen molar-refractivity contribution in [3.8, 4) is 11.5 Å². The van der Waals surface area contributed by atoms with Crippen LogP contribution in [0.2, 0.25) is 0 Å². The van der Waals surface area contributed by atoms with E-state index in [0.717, 1.165) is 58.2 Å². The first-order chi connectivity index (χ1) is 18.7. The average Bonchev–Trinajstić information content (AvgIpc) is 3.50. The van der Waals surface area contributed by atoms with E-state index < -0.39 is 23.8 Å². The largest absolute Gasteiger partial charge is 0.497 e. The lowest BCUT2D eigenvalue weighted by Gasteiger charge is -2.29. The quantitative estimate of drug-likeness (QED) is 0.383. The molecule has 2 atom stereocenters. The van der Waals surface area contributed by atoms with Crippen molar-refractivity contribution in [2.75, 3.05) is 14.2 Å². The Bertz CT molecular complexity index is 1410. The van der Waals surface area contributed by atoms with Crippen LogP contribution in [0, 0.1) is 12.8 Å². The maximum absolute atomic E-state index is 13.6. The Morgan fingerprint density at radius 2 is 1.69 bits per heavy atom. The van der Waals surface area contributed by atoms with Gasteiger partial charge in [-0.25, -0.2) is 5.01 Å². The molecular weight excluding hydrogens is 509 g/mol. The molecular formula is C29H29F3N4O3. The fourth-order valence-electron chi connectivity index (χ4n) is 5.25.